The lowest BCUT2D eigenvalue weighted by Gasteiger charge is -2.60. The van der Waals surface area contributed by atoms with Crippen molar-refractivity contribution in [3.05, 3.63) is 11.6 Å². The zero-order valence-electron chi connectivity index (χ0n) is 22.9. The maximum Gasteiger partial charge on any atom is 0.159 e. The molecule has 0 aromatic heterocycles. The number of carbonyl (C=O) groups excluding carboxylic acids is 1. The molecule has 2 unspecified atom stereocenters. The summed E-state index contributed by atoms with van der Waals surface area (Å²) in [7, 11) is 0. The van der Waals surface area contributed by atoms with E-state index in [1.54, 1.807) is 26.8 Å². The topological polar surface area (TPSA) is 138 Å². The predicted octanol–water partition coefficient (Wildman–Crippen LogP) is 2.49. The lowest BCUT2D eigenvalue weighted by Crippen LogP contribution is -2.63. The van der Waals surface area contributed by atoms with Crippen molar-refractivity contribution in [1.82, 2.24) is 0 Å². The van der Waals surface area contributed by atoms with Crippen molar-refractivity contribution >= 4 is 5.78 Å². The monoisotopic (exact) mass is 508 g/mol. The van der Waals surface area contributed by atoms with Crippen molar-refractivity contribution in [2.24, 2.45) is 34.5 Å². The standard InChI is InChI=1S/C29H48O7/c1-7-16(25(2,3)34)12-24(33)28(6,35)23-9-11-29(36)18-13-20(30)19-14-21(31)22(32)15-26(19,4)17(18)8-10-27(23,29)5/h13,16-17,19,21-24,31-36H,7-12,14-15H2,1-6H3/t16?,17-,19-,21+,22-,23-,24?,26+,27+,28+,29+/m0/s1. The van der Waals surface area contributed by atoms with Gasteiger partial charge in [0.1, 0.15) is 0 Å². The molecule has 3 fully saturated rings. The molecule has 7 heteroatoms. The molecule has 4 aliphatic carbocycles. The zero-order chi connectivity index (χ0) is 27.1. The Kier molecular flexibility index (Phi) is 6.93. The summed E-state index contributed by atoms with van der Waals surface area (Å²) >= 11 is 0. The highest BCUT2D eigenvalue weighted by Crippen LogP contribution is 2.68. The number of aliphatic hydroxyl groups excluding tert-OH is 3. The molecule has 0 spiro atoms. The van der Waals surface area contributed by atoms with Crippen molar-refractivity contribution in [2.45, 2.75) is 128 Å². The van der Waals surface area contributed by atoms with Crippen molar-refractivity contribution in [3.8, 4) is 0 Å². The van der Waals surface area contributed by atoms with Gasteiger partial charge in [0.2, 0.25) is 0 Å². The van der Waals surface area contributed by atoms with Gasteiger partial charge >= 0.3 is 0 Å². The van der Waals surface area contributed by atoms with Crippen molar-refractivity contribution in [3.63, 3.8) is 0 Å². The highest BCUT2D eigenvalue weighted by Gasteiger charge is 2.69. The number of carbonyl (C=O) groups is 1. The van der Waals surface area contributed by atoms with Gasteiger partial charge in [-0.1, -0.05) is 27.2 Å². The van der Waals surface area contributed by atoms with Crippen LogP contribution in [0.2, 0.25) is 0 Å². The minimum atomic E-state index is -1.48. The van der Waals surface area contributed by atoms with Gasteiger partial charge in [-0.05, 0) is 101 Å². The summed E-state index contributed by atoms with van der Waals surface area (Å²) in [6.45, 7) is 11.1. The Hall–Kier alpha value is -0.830. The van der Waals surface area contributed by atoms with E-state index < -0.39 is 51.9 Å². The molecule has 6 N–H and O–H groups in total. The number of hydrogen-bond donors (Lipinski definition) is 6. The average molecular weight is 509 g/mol. The fourth-order valence-electron chi connectivity index (χ4n) is 9.00. The molecule has 0 saturated heterocycles. The molecule has 0 aliphatic heterocycles. The maximum atomic E-state index is 13.3. The smallest absolute Gasteiger partial charge is 0.159 e. The molecule has 0 amide bonds. The number of ketones is 1. The summed E-state index contributed by atoms with van der Waals surface area (Å²) in [4.78, 5) is 13.3. The Balaban J connectivity index is 1.66. The van der Waals surface area contributed by atoms with E-state index in [2.05, 4.69) is 0 Å². The van der Waals surface area contributed by atoms with Crippen LogP contribution >= 0.6 is 0 Å². The fourth-order valence-corrected chi connectivity index (χ4v) is 9.00. The van der Waals surface area contributed by atoms with Crippen molar-refractivity contribution < 1.29 is 35.4 Å². The second-order valence-electron chi connectivity index (χ2n) is 13.8. The first-order valence-electron chi connectivity index (χ1n) is 13.9. The zero-order valence-corrected chi connectivity index (χ0v) is 22.9. The summed E-state index contributed by atoms with van der Waals surface area (Å²) in [5, 5.41) is 66.6. The average Bonchev–Trinajstić information content (AvgIpc) is 3.05. The first-order chi connectivity index (χ1) is 16.4. The number of aliphatic hydroxyl groups is 6. The van der Waals surface area contributed by atoms with Gasteiger partial charge in [-0.3, -0.25) is 4.79 Å². The van der Waals surface area contributed by atoms with E-state index in [1.807, 2.05) is 20.8 Å². The molecule has 206 valence electrons. The molecule has 0 radical (unpaired) electrons. The Morgan fingerprint density at radius 1 is 1.06 bits per heavy atom. The second kappa shape index (κ2) is 8.85. The number of allylic oxidation sites excluding steroid dienone is 1. The Morgan fingerprint density at radius 2 is 1.69 bits per heavy atom. The van der Waals surface area contributed by atoms with Gasteiger partial charge in [0.15, 0.2) is 5.78 Å². The van der Waals surface area contributed by atoms with Crippen LogP contribution in [-0.2, 0) is 4.79 Å². The summed E-state index contributed by atoms with van der Waals surface area (Å²) in [5.41, 5.74) is -4.34. The number of rotatable bonds is 6. The van der Waals surface area contributed by atoms with Crippen LogP contribution in [-0.4, -0.2) is 71.5 Å². The van der Waals surface area contributed by atoms with Crippen LogP contribution in [0.4, 0.5) is 0 Å². The highest BCUT2D eigenvalue weighted by atomic mass is 16.3. The van der Waals surface area contributed by atoms with Gasteiger partial charge in [-0.2, -0.15) is 0 Å². The normalized spacial score (nSPS) is 46.2. The molecule has 7 nitrogen and oxygen atoms in total. The third-order valence-electron chi connectivity index (χ3n) is 11.5. The van der Waals surface area contributed by atoms with Crippen LogP contribution in [0.1, 0.15) is 92.9 Å². The van der Waals surface area contributed by atoms with Crippen LogP contribution in [0.25, 0.3) is 0 Å². The molecule has 0 heterocycles. The van der Waals surface area contributed by atoms with Crippen LogP contribution in [0, 0.1) is 34.5 Å². The molecule has 0 aromatic rings. The van der Waals surface area contributed by atoms with Crippen molar-refractivity contribution in [1.29, 1.82) is 0 Å². The minimum absolute atomic E-state index is 0.0892. The molecule has 3 saturated carbocycles. The van der Waals surface area contributed by atoms with Gasteiger partial charge < -0.3 is 30.6 Å². The molecule has 0 aromatic carbocycles. The van der Waals surface area contributed by atoms with Crippen LogP contribution < -0.4 is 0 Å². The largest absolute Gasteiger partial charge is 0.390 e. The van der Waals surface area contributed by atoms with Crippen LogP contribution in [0.5, 0.6) is 0 Å². The Bertz CT molecular complexity index is 906. The van der Waals surface area contributed by atoms with E-state index in [-0.39, 0.29) is 36.4 Å². The van der Waals surface area contributed by atoms with Crippen molar-refractivity contribution in [2.75, 3.05) is 0 Å². The van der Waals surface area contributed by atoms with Gasteiger partial charge in [-0.25, -0.2) is 0 Å². The molecule has 4 rings (SSSR count). The fraction of sp³-hybridized carbons (Fsp3) is 0.897. The Morgan fingerprint density at radius 3 is 2.28 bits per heavy atom. The highest BCUT2D eigenvalue weighted by molar-refractivity contribution is 5.95. The van der Waals surface area contributed by atoms with Crippen LogP contribution in [0.3, 0.4) is 0 Å². The summed E-state index contributed by atoms with van der Waals surface area (Å²) < 4.78 is 0. The summed E-state index contributed by atoms with van der Waals surface area (Å²) in [6, 6.07) is 0. The molecule has 11 atom stereocenters. The van der Waals surface area contributed by atoms with Gasteiger partial charge in [-0.15, -0.1) is 0 Å². The first kappa shape index (κ1) is 28.2. The van der Waals surface area contributed by atoms with Gasteiger partial charge in [0.05, 0.1) is 35.1 Å². The molecular formula is C29H48O7. The van der Waals surface area contributed by atoms with Gasteiger partial charge in [0.25, 0.3) is 0 Å². The SMILES string of the molecule is CCC(CC(O)[C@](C)(O)[C@H]1CC[C@@]2(O)C3=CC(=O)[C@@H]4C[C@@H](O)[C@@H](O)C[C@]4(C)[C@H]3CC[C@]12C)C(C)(C)O. The van der Waals surface area contributed by atoms with E-state index in [0.717, 1.165) is 0 Å². The van der Waals surface area contributed by atoms with E-state index in [9.17, 15) is 35.4 Å². The third kappa shape index (κ3) is 3.95. The van der Waals surface area contributed by atoms with E-state index >= 15 is 0 Å². The Labute approximate surface area is 215 Å². The first-order valence-corrected chi connectivity index (χ1v) is 13.9. The van der Waals surface area contributed by atoms with Gasteiger partial charge in [0, 0.05) is 11.3 Å². The summed E-state index contributed by atoms with van der Waals surface area (Å²) in [5.74, 6) is -1.16. The molecular weight excluding hydrogens is 460 g/mol. The van der Waals surface area contributed by atoms with E-state index in [1.165, 1.54) is 0 Å². The van der Waals surface area contributed by atoms with E-state index in [0.29, 0.717) is 44.1 Å². The number of fused-ring (bicyclic) bond motifs is 5. The third-order valence-corrected chi connectivity index (χ3v) is 11.5. The number of hydrogen-bond acceptors (Lipinski definition) is 7. The summed E-state index contributed by atoms with van der Waals surface area (Å²) in [6.07, 6.45) is 2.42. The van der Waals surface area contributed by atoms with Crippen LogP contribution in [0.15, 0.2) is 11.6 Å². The maximum absolute atomic E-state index is 13.3. The lowest BCUT2D eigenvalue weighted by molar-refractivity contribution is -0.179. The minimum Gasteiger partial charge on any atom is -0.390 e. The van der Waals surface area contributed by atoms with E-state index in [4.69, 9.17) is 0 Å². The predicted molar refractivity (Wildman–Crippen MR) is 136 cm³/mol. The quantitative estimate of drug-likeness (QED) is 0.324. The lowest BCUT2D eigenvalue weighted by atomic mass is 9.45. The molecule has 36 heavy (non-hydrogen) atoms. The molecule has 0 bridgehead atoms. The second-order valence-corrected chi connectivity index (χ2v) is 13.8. The molecule has 4 aliphatic rings.